The van der Waals surface area contributed by atoms with Gasteiger partial charge in [-0.05, 0) is 67.7 Å². The van der Waals surface area contributed by atoms with E-state index < -0.39 is 72.2 Å². The predicted octanol–water partition coefficient (Wildman–Crippen LogP) is 1.78. The molecule has 5 nitrogen and oxygen atoms in total. The fourth-order valence-corrected chi connectivity index (χ4v) is 6.58. The zero-order valence-electron chi connectivity index (χ0n) is 20.0. The van der Waals surface area contributed by atoms with Crippen molar-refractivity contribution in [2.24, 2.45) is 28.6 Å². The molecule has 26 heavy (non-hydrogen) atoms. The number of carbonyl (C=O) groups excluding carboxylic acids is 2. The summed E-state index contributed by atoms with van der Waals surface area (Å²) in [6.07, 6.45) is -1.82. The van der Waals surface area contributed by atoms with E-state index in [1.165, 1.54) is 6.08 Å². The van der Waals surface area contributed by atoms with Crippen LogP contribution in [0, 0.1) is 28.6 Å². The highest BCUT2D eigenvalue weighted by molar-refractivity contribution is 5.91. The molecule has 0 radical (unpaired) electrons. The van der Waals surface area contributed by atoms with Gasteiger partial charge >= 0.3 is 0 Å². The second-order valence-corrected chi connectivity index (χ2v) is 8.80. The van der Waals surface area contributed by atoms with Gasteiger partial charge in [0.15, 0.2) is 11.6 Å². The van der Waals surface area contributed by atoms with Gasteiger partial charge in [0.1, 0.15) is 12.2 Å². The molecule has 0 amide bonds. The summed E-state index contributed by atoms with van der Waals surface area (Å²) in [5.74, 6) is -2.86. The number of aliphatic hydroxyl groups is 3. The molecule has 0 saturated heterocycles. The van der Waals surface area contributed by atoms with E-state index in [0.717, 1.165) is 0 Å². The first kappa shape index (κ1) is 13.2. The Balaban J connectivity index is 1.89. The second-order valence-electron chi connectivity index (χ2n) is 8.80. The molecular weight excluding hydrogens is 332 g/mol. The van der Waals surface area contributed by atoms with E-state index in [1.54, 1.807) is 6.92 Å². The molecule has 4 aliphatic rings. The Bertz CT molecular complexity index is 854. The van der Waals surface area contributed by atoms with Gasteiger partial charge in [0.25, 0.3) is 0 Å². The minimum atomic E-state index is -2.79. The quantitative estimate of drug-likeness (QED) is 0.692. The Hall–Kier alpha value is -1.04. The Kier molecular flexibility index (Phi) is 2.91. The molecule has 4 aliphatic carbocycles. The van der Waals surface area contributed by atoms with Crippen LogP contribution in [-0.4, -0.2) is 45.2 Å². The van der Waals surface area contributed by atoms with Crippen LogP contribution in [0.25, 0.3) is 0 Å². The van der Waals surface area contributed by atoms with E-state index in [0.29, 0.717) is 12.8 Å². The summed E-state index contributed by atoms with van der Waals surface area (Å²) >= 11 is 0. The van der Waals surface area contributed by atoms with Crippen molar-refractivity contribution in [3.63, 3.8) is 0 Å². The molecule has 0 aromatic heterocycles. The maximum absolute atomic E-state index is 12.5. The third-order valence-corrected chi connectivity index (χ3v) is 7.84. The molecule has 5 heteroatoms. The fraction of sp³-hybridized carbons (Fsp3) is 0.810. The molecule has 7 atom stereocenters. The van der Waals surface area contributed by atoms with Crippen molar-refractivity contribution < 1.29 is 31.8 Å². The van der Waals surface area contributed by atoms with Crippen LogP contribution in [0.3, 0.4) is 0 Å². The van der Waals surface area contributed by atoms with Gasteiger partial charge < -0.3 is 15.3 Å². The number of hydrogen-bond acceptors (Lipinski definition) is 5. The zero-order valence-corrected chi connectivity index (χ0v) is 15.0. The molecule has 0 aromatic carbocycles. The standard InChI is InChI=1S/C21H30O5/c1-19-7-5-13(23)9-12(19)3-4-14-15-6-8-21(26,17(25)11-22)20(15,2)10-16(24)18(14)19/h9,14-16,18,22,24,26H,3-8,10-11H2,1-2H3/t14-,15-,16-,18+,19-,20-,21-/m0/s1/i1D3,7D2. The van der Waals surface area contributed by atoms with Crippen molar-refractivity contribution >= 4 is 11.6 Å². The van der Waals surface area contributed by atoms with Crippen LogP contribution >= 0.6 is 0 Å². The average Bonchev–Trinajstić information content (AvgIpc) is 2.90. The Morgan fingerprint density at radius 3 is 2.88 bits per heavy atom. The molecule has 144 valence electrons. The van der Waals surface area contributed by atoms with Gasteiger partial charge in [0.05, 0.1) is 6.10 Å². The van der Waals surface area contributed by atoms with E-state index in [-0.39, 0.29) is 30.8 Å². The van der Waals surface area contributed by atoms with Gasteiger partial charge in [0.2, 0.25) is 0 Å². The molecule has 0 unspecified atom stereocenters. The molecule has 0 spiro atoms. The first-order chi connectivity index (χ1) is 14.2. The lowest BCUT2D eigenvalue weighted by Crippen LogP contribution is -2.62. The summed E-state index contributed by atoms with van der Waals surface area (Å²) in [4.78, 5) is 24.7. The SMILES string of the molecule is [2H]C([2H])([2H])[C@@]12C(=CC(=O)CC1([2H])[2H])CC[C@@H]1[C@@H]2[C@@H](O)C[C@@]2(C)[C@H]1CC[C@]2(O)C(=O)CO. The van der Waals surface area contributed by atoms with E-state index in [1.807, 2.05) is 0 Å². The summed E-state index contributed by atoms with van der Waals surface area (Å²) in [6, 6.07) is 0. The molecule has 0 bridgehead atoms. The molecule has 3 saturated carbocycles. The van der Waals surface area contributed by atoms with Gasteiger partial charge in [-0.3, -0.25) is 9.59 Å². The molecule has 0 aliphatic heterocycles. The highest BCUT2D eigenvalue weighted by atomic mass is 16.3. The van der Waals surface area contributed by atoms with Crippen LogP contribution in [0.4, 0.5) is 0 Å². The van der Waals surface area contributed by atoms with Crippen molar-refractivity contribution in [3.8, 4) is 0 Å². The summed E-state index contributed by atoms with van der Waals surface area (Å²) in [5.41, 5.74) is -4.62. The lowest BCUT2D eigenvalue weighted by Gasteiger charge is -2.60. The Morgan fingerprint density at radius 1 is 1.42 bits per heavy atom. The molecule has 4 rings (SSSR count). The van der Waals surface area contributed by atoms with Crippen molar-refractivity contribution in [3.05, 3.63) is 11.6 Å². The van der Waals surface area contributed by atoms with Gasteiger partial charge in [0, 0.05) is 18.7 Å². The maximum Gasteiger partial charge on any atom is 0.190 e. The van der Waals surface area contributed by atoms with Gasteiger partial charge in [-0.25, -0.2) is 0 Å². The normalized spacial score (nSPS) is 55.8. The van der Waals surface area contributed by atoms with E-state index >= 15 is 0 Å². The van der Waals surface area contributed by atoms with Crippen LogP contribution in [0.2, 0.25) is 0 Å². The highest BCUT2D eigenvalue weighted by Gasteiger charge is 2.68. The number of rotatable bonds is 2. The van der Waals surface area contributed by atoms with Crippen molar-refractivity contribution in [1.82, 2.24) is 0 Å². The van der Waals surface area contributed by atoms with Crippen molar-refractivity contribution in [2.45, 2.75) is 70.4 Å². The molecular formula is C21H30O5. The molecule has 3 N–H and O–H groups in total. The van der Waals surface area contributed by atoms with Gasteiger partial charge in [-0.2, -0.15) is 0 Å². The Morgan fingerprint density at radius 2 is 2.19 bits per heavy atom. The smallest absolute Gasteiger partial charge is 0.190 e. The largest absolute Gasteiger partial charge is 0.393 e. The molecule has 3 fully saturated rings. The number of aliphatic hydroxyl groups excluding tert-OH is 2. The summed E-state index contributed by atoms with van der Waals surface area (Å²) in [7, 11) is 0. The number of ketones is 2. The topological polar surface area (TPSA) is 94.8 Å². The molecule has 0 heterocycles. The number of fused-ring (bicyclic) bond motifs is 5. The van der Waals surface area contributed by atoms with Gasteiger partial charge in [-0.1, -0.05) is 19.3 Å². The summed E-state index contributed by atoms with van der Waals surface area (Å²) in [5, 5.41) is 32.0. The van der Waals surface area contributed by atoms with E-state index in [2.05, 4.69) is 0 Å². The summed E-state index contributed by atoms with van der Waals surface area (Å²) in [6.45, 7) is -1.90. The number of hydrogen-bond donors (Lipinski definition) is 3. The third kappa shape index (κ3) is 2.14. The van der Waals surface area contributed by atoms with Crippen molar-refractivity contribution in [1.29, 1.82) is 0 Å². The van der Waals surface area contributed by atoms with Crippen LogP contribution in [0.15, 0.2) is 11.6 Å². The van der Waals surface area contributed by atoms with Gasteiger partial charge in [-0.15, -0.1) is 0 Å². The minimum Gasteiger partial charge on any atom is -0.393 e. The van der Waals surface area contributed by atoms with E-state index in [9.17, 15) is 24.9 Å². The second kappa shape index (κ2) is 5.73. The first-order valence-electron chi connectivity index (χ1n) is 12.0. The minimum absolute atomic E-state index is 0.0732. The number of allylic oxidation sites excluding steroid dienone is 1. The lowest BCUT2D eigenvalue weighted by atomic mass is 9.45. The fourth-order valence-electron chi connectivity index (χ4n) is 6.58. The van der Waals surface area contributed by atoms with Crippen LogP contribution < -0.4 is 0 Å². The highest BCUT2D eigenvalue weighted by Crippen LogP contribution is 2.67. The third-order valence-electron chi connectivity index (χ3n) is 7.84. The van der Waals surface area contributed by atoms with E-state index in [4.69, 9.17) is 6.85 Å². The van der Waals surface area contributed by atoms with Crippen LogP contribution in [-0.2, 0) is 9.59 Å². The predicted molar refractivity (Wildman–Crippen MR) is 95.1 cm³/mol. The maximum atomic E-state index is 12.5. The monoisotopic (exact) mass is 367 g/mol. The number of carbonyl (C=O) groups is 2. The zero-order chi connectivity index (χ0) is 23.2. The van der Waals surface area contributed by atoms with Crippen LogP contribution in [0.5, 0.6) is 0 Å². The summed E-state index contributed by atoms with van der Waals surface area (Å²) < 4.78 is 42.6. The Labute approximate surface area is 161 Å². The average molecular weight is 367 g/mol. The first-order valence-corrected chi connectivity index (χ1v) is 9.46. The van der Waals surface area contributed by atoms with Crippen LogP contribution in [0.1, 0.15) is 65.5 Å². The number of Topliss-reactive ketones (excluding diaryl/α,β-unsaturated/α-hetero) is 1. The van der Waals surface area contributed by atoms with Crippen molar-refractivity contribution in [2.75, 3.05) is 6.61 Å². The molecule has 0 aromatic rings. The lowest BCUT2D eigenvalue weighted by molar-refractivity contribution is -0.182.